The Hall–Kier alpha value is -1.06. The van der Waals surface area contributed by atoms with Crippen molar-refractivity contribution >= 4 is 11.9 Å². The molecule has 1 rings (SSSR count). The topological polar surface area (TPSA) is 46.6 Å². The molecule has 0 aromatic rings. The molecule has 1 saturated heterocycles. The monoisotopic (exact) mass is 227 g/mol. The maximum Gasteiger partial charge on any atom is 0.307 e. The van der Waals surface area contributed by atoms with Crippen LogP contribution < -0.4 is 0 Å². The van der Waals surface area contributed by atoms with E-state index in [1.54, 1.807) is 11.9 Å². The lowest BCUT2D eigenvalue weighted by Gasteiger charge is -2.20. The number of likely N-dealkylation sites (tertiary alicyclic amines) is 1. The fraction of sp³-hybridized carbons (Fsp3) is 0.833. The number of esters is 1. The molecule has 1 unspecified atom stereocenters. The molecule has 0 aromatic heterocycles. The summed E-state index contributed by atoms with van der Waals surface area (Å²) in [4.78, 5) is 25.0. The fourth-order valence-electron chi connectivity index (χ4n) is 1.93. The Morgan fingerprint density at radius 2 is 2.06 bits per heavy atom. The van der Waals surface area contributed by atoms with Crippen molar-refractivity contribution in [2.45, 2.75) is 52.2 Å². The highest BCUT2D eigenvalue weighted by Crippen LogP contribution is 2.26. The minimum atomic E-state index is -0.476. The summed E-state index contributed by atoms with van der Waals surface area (Å²) < 4.78 is 5.21. The van der Waals surface area contributed by atoms with Gasteiger partial charge in [0.2, 0.25) is 5.91 Å². The van der Waals surface area contributed by atoms with Crippen molar-refractivity contribution in [3.8, 4) is 0 Å². The predicted molar refractivity (Wildman–Crippen MR) is 60.8 cm³/mol. The summed E-state index contributed by atoms with van der Waals surface area (Å²) in [6.07, 6.45) is 0.944. The van der Waals surface area contributed by atoms with Crippen LogP contribution in [0, 0.1) is 5.92 Å². The second kappa shape index (κ2) is 4.44. The summed E-state index contributed by atoms with van der Waals surface area (Å²) in [6, 6.07) is 0.222. The van der Waals surface area contributed by atoms with E-state index in [1.807, 2.05) is 27.7 Å². The van der Waals surface area contributed by atoms with Crippen molar-refractivity contribution in [2.24, 2.45) is 5.92 Å². The summed E-state index contributed by atoms with van der Waals surface area (Å²) in [6.45, 7) is 7.48. The van der Waals surface area contributed by atoms with Gasteiger partial charge in [-0.3, -0.25) is 9.59 Å². The minimum absolute atomic E-state index is 0.0540. The number of rotatable bonds is 2. The molecule has 1 heterocycles. The van der Waals surface area contributed by atoms with Crippen LogP contribution in [-0.4, -0.2) is 35.5 Å². The van der Waals surface area contributed by atoms with Gasteiger partial charge in [-0.25, -0.2) is 0 Å². The van der Waals surface area contributed by atoms with Gasteiger partial charge in [-0.2, -0.15) is 0 Å². The highest BCUT2D eigenvalue weighted by atomic mass is 16.6. The van der Waals surface area contributed by atoms with Gasteiger partial charge < -0.3 is 9.64 Å². The van der Waals surface area contributed by atoms with E-state index in [0.717, 1.165) is 6.42 Å². The number of amides is 1. The molecule has 0 saturated carbocycles. The summed E-state index contributed by atoms with van der Waals surface area (Å²) in [5, 5.41) is 0. The molecule has 1 aliphatic heterocycles. The van der Waals surface area contributed by atoms with Crippen LogP contribution in [0.25, 0.3) is 0 Å². The lowest BCUT2D eigenvalue weighted by Crippen LogP contribution is -2.29. The fourth-order valence-corrected chi connectivity index (χ4v) is 1.93. The molecule has 1 fully saturated rings. The maximum absolute atomic E-state index is 11.7. The zero-order valence-corrected chi connectivity index (χ0v) is 10.7. The van der Waals surface area contributed by atoms with Gasteiger partial charge in [0.25, 0.3) is 0 Å². The normalized spacial score (nSPS) is 26.1. The Labute approximate surface area is 96.9 Å². The van der Waals surface area contributed by atoms with E-state index in [2.05, 4.69) is 0 Å². The average Bonchev–Trinajstić information content (AvgIpc) is 2.30. The third kappa shape index (κ3) is 3.22. The summed E-state index contributed by atoms with van der Waals surface area (Å²) >= 11 is 0. The zero-order valence-electron chi connectivity index (χ0n) is 10.7. The van der Waals surface area contributed by atoms with Gasteiger partial charge in [-0.15, -0.1) is 0 Å². The van der Waals surface area contributed by atoms with Crippen LogP contribution in [0.2, 0.25) is 0 Å². The molecule has 4 nitrogen and oxygen atoms in total. The first kappa shape index (κ1) is 13.0. The van der Waals surface area contributed by atoms with E-state index in [1.165, 1.54) is 0 Å². The lowest BCUT2D eigenvalue weighted by atomic mass is 10.0. The van der Waals surface area contributed by atoms with Crippen molar-refractivity contribution in [3.05, 3.63) is 0 Å². The summed E-state index contributed by atoms with van der Waals surface area (Å²) in [5.74, 6) is -0.429. The third-order valence-corrected chi connectivity index (χ3v) is 2.82. The van der Waals surface area contributed by atoms with E-state index < -0.39 is 5.60 Å². The van der Waals surface area contributed by atoms with Crippen molar-refractivity contribution in [1.82, 2.24) is 4.90 Å². The molecule has 0 aromatic carbocycles. The smallest absolute Gasteiger partial charge is 0.307 e. The van der Waals surface area contributed by atoms with Crippen LogP contribution in [-0.2, 0) is 14.3 Å². The molecule has 16 heavy (non-hydrogen) atoms. The Kier molecular flexibility index (Phi) is 3.61. The van der Waals surface area contributed by atoms with Gasteiger partial charge in [0, 0.05) is 13.1 Å². The quantitative estimate of drug-likeness (QED) is 0.673. The van der Waals surface area contributed by atoms with Crippen LogP contribution >= 0.6 is 0 Å². The molecule has 4 heteroatoms. The largest absolute Gasteiger partial charge is 0.460 e. The molecule has 1 amide bonds. The first-order valence-corrected chi connectivity index (χ1v) is 5.69. The average molecular weight is 227 g/mol. The first-order valence-electron chi connectivity index (χ1n) is 5.69. The van der Waals surface area contributed by atoms with E-state index in [0.29, 0.717) is 0 Å². The van der Waals surface area contributed by atoms with Gasteiger partial charge in [0.15, 0.2) is 0 Å². The van der Waals surface area contributed by atoms with Crippen LogP contribution in [0.1, 0.15) is 40.5 Å². The van der Waals surface area contributed by atoms with Gasteiger partial charge in [0.05, 0.1) is 12.3 Å². The molecule has 0 N–H and O–H groups in total. The standard InChI is InChI=1S/C12H21NO3/c1-8-6-9(11(15)13(8)5)7-10(14)16-12(2,3)4/h8-9H,6-7H2,1-5H3/t8-,9?/m1/s1. The Bertz CT molecular complexity index is 293. The van der Waals surface area contributed by atoms with Gasteiger partial charge in [-0.05, 0) is 34.1 Å². The van der Waals surface area contributed by atoms with Crippen molar-refractivity contribution in [3.63, 3.8) is 0 Å². The molecular weight excluding hydrogens is 206 g/mol. The predicted octanol–water partition coefficient (Wildman–Crippen LogP) is 1.58. The van der Waals surface area contributed by atoms with E-state index in [9.17, 15) is 9.59 Å². The molecule has 1 aliphatic rings. The summed E-state index contributed by atoms with van der Waals surface area (Å²) in [5.41, 5.74) is -0.476. The van der Waals surface area contributed by atoms with Gasteiger partial charge in [0.1, 0.15) is 5.60 Å². The summed E-state index contributed by atoms with van der Waals surface area (Å²) in [7, 11) is 1.78. The Morgan fingerprint density at radius 3 is 2.44 bits per heavy atom. The van der Waals surface area contributed by atoms with Crippen molar-refractivity contribution < 1.29 is 14.3 Å². The molecule has 92 valence electrons. The molecule has 0 aliphatic carbocycles. The molecular formula is C12H21NO3. The third-order valence-electron chi connectivity index (χ3n) is 2.82. The SMILES string of the molecule is C[C@@H]1CC(CC(=O)OC(C)(C)C)C(=O)N1C. The maximum atomic E-state index is 11.7. The van der Waals surface area contributed by atoms with Crippen LogP contribution in [0.3, 0.4) is 0 Å². The molecule has 2 atom stereocenters. The van der Waals surface area contributed by atoms with E-state index >= 15 is 0 Å². The highest BCUT2D eigenvalue weighted by molar-refractivity contribution is 5.85. The Morgan fingerprint density at radius 1 is 1.50 bits per heavy atom. The zero-order chi connectivity index (χ0) is 12.5. The van der Waals surface area contributed by atoms with Crippen LogP contribution in [0.15, 0.2) is 0 Å². The van der Waals surface area contributed by atoms with E-state index in [-0.39, 0.29) is 30.3 Å². The number of nitrogens with zero attached hydrogens (tertiary/aromatic N) is 1. The first-order chi connectivity index (χ1) is 7.20. The second-order valence-corrected chi connectivity index (χ2v) is 5.52. The molecule has 0 radical (unpaired) electrons. The number of carbonyl (C=O) groups is 2. The van der Waals surface area contributed by atoms with Crippen molar-refractivity contribution in [2.75, 3.05) is 7.05 Å². The second-order valence-electron chi connectivity index (χ2n) is 5.52. The number of carbonyl (C=O) groups excluding carboxylic acids is 2. The molecule has 0 spiro atoms. The van der Waals surface area contributed by atoms with Crippen molar-refractivity contribution in [1.29, 1.82) is 0 Å². The number of hydrogen-bond donors (Lipinski definition) is 0. The highest BCUT2D eigenvalue weighted by Gasteiger charge is 2.36. The Balaban J connectivity index is 2.50. The van der Waals surface area contributed by atoms with E-state index in [4.69, 9.17) is 4.74 Å². The van der Waals surface area contributed by atoms with Gasteiger partial charge in [-0.1, -0.05) is 0 Å². The van der Waals surface area contributed by atoms with Crippen LogP contribution in [0.4, 0.5) is 0 Å². The minimum Gasteiger partial charge on any atom is -0.460 e. The lowest BCUT2D eigenvalue weighted by molar-refractivity contribution is -0.157. The molecule has 0 bridgehead atoms. The number of ether oxygens (including phenoxy) is 1. The number of hydrogen-bond acceptors (Lipinski definition) is 3. The van der Waals surface area contributed by atoms with Crippen LogP contribution in [0.5, 0.6) is 0 Å². The van der Waals surface area contributed by atoms with Gasteiger partial charge >= 0.3 is 5.97 Å².